The first-order chi connectivity index (χ1) is 9.92. The zero-order valence-electron chi connectivity index (χ0n) is 11.5. The Bertz CT molecular complexity index is 628. The molecule has 2 unspecified atom stereocenters. The Morgan fingerprint density at radius 2 is 1.76 bits per heavy atom. The molecule has 2 aromatic carbocycles. The van der Waals surface area contributed by atoms with Crippen LogP contribution in [0.2, 0.25) is 0 Å². The van der Waals surface area contributed by atoms with Gasteiger partial charge in [-0.2, -0.15) is 0 Å². The topological polar surface area (TPSA) is 46.2 Å². The van der Waals surface area contributed by atoms with Crippen LogP contribution in [0.3, 0.4) is 0 Å². The van der Waals surface area contributed by atoms with Crippen molar-refractivity contribution in [3.05, 3.63) is 69.2 Å². The van der Waals surface area contributed by atoms with E-state index in [0.717, 1.165) is 16.1 Å². The molecule has 0 spiro atoms. The van der Waals surface area contributed by atoms with Crippen molar-refractivity contribution in [3.8, 4) is 0 Å². The van der Waals surface area contributed by atoms with Crippen LogP contribution in [0.1, 0.15) is 28.7 Å². The lowest BCUT2D eigenvalue weighted by atomic mass is 9.89. The van der Waals surface area contributed by atoms with Crippen molar-refractivity contribution in [1.29, 1.82) is 0 Å². The summed E-state index contributed by atoms with van der Waals surface area (Å²) in [5.74, 6) is -1.95. The minimum atomic E-state index is -0.953. The molecule has 2 nitrogen and oxygen atoms in total. The molecule has 0 aliphatic heterocycles. The molecule has 0 aromatic heterocycles. The molecule has 112 valence electrons. The first-order valence-electron chi connectivity index (χ1n) is 6.52. The molecule has 2 rings (SSSR count). The van der Waals surface area contributed by atoms with Crippen molar-refractivity contribution in [1.82, 2.24) is 0 Å². The number of benzene rings is 2. The molecule has 2 atom stereocenters. The molecule has 0 amide bonds. The van der Waals surface area contributed by atoms with Gasteiger partial charge in [-0.15, -0.1) is 0 Å². The standard InChI is InChI=1S/C16H16BrF2NO/c1-9-2-3-13(15(17)4-9)16(21)14(8-20)10-5-11(18)7-12(19)6-10/h2-7,14,16,21H,8,20H2,1H3. The number of nitrogens with two attached hydrogens (primary N) is 1. The van der Waals surface area contributed by atoms with Gasteiger partial charge in [-0.05, 0) is 41.8 Å². The molecule has 3 N–H and O–H groups in total. The summed E-state index contributed by atoms with van der Waals surface area (Å²) in [4.78, 5) is 0. The first-order valence-corrected chi connectivity index (χ1v) is 7.32. The Morgan fingerprint density at radius 3 is 2.29 bits per heavy atom. The summed E-state index contributed by atoms with van der Waals surface area (Å²) in [6.07, 6.45) is -0.953. The zero-order chi connectivity index (χ0) is 15.6. The van der Waals surface area contributed by atoms with E-state index < -0.39 is 23.7 Å². The van der Waals surface area contributed by atoms with Gasteiger partial charge in [0.1, 0.15) is 11.6 Å². The van der Waals surface area contributed by atoms with Gasteiger partial charge in [0.15, 0.2) is 0 Å². The molecule has 0 saturated carbocycles. The van der Waals surface area contributed by atoms with E-state index in [1.165, 1.54) is 12.1 Å². The number of aliphatic hydroxyl groups excluding tert-OH is 1. The van der Waals surface area contributed by atoms with Crippen LogP contribution < -0.4 is 5.73 Å². The molecule has 0 heterocycles. The average molecular weight is 356 g/mol. The minimum Gasteiger partial charge on any atom is -0.388 e. The molecule has 0 fully saturated rings. The summed E-state index contributed by atoms with van der Waals surface area (Å²) in [5, 5.41) is 10.5. The van der Waals surface area contributed by atoms with Crippen molar-refractivity contribution >= 4 is 15.9 Å². The van der Waals surface area contributed by atoms with Crippen molar-refractivity contribution in [3.63, 3.8) is 0 Å². The average Bonchev–Trinajstić information content (AvgIpc) is 2.38. The third kappa shape index (κ3) is 3.67. The van der Waals surface area contributed by atoms with Gasteiger partial charge >= 0.3 is 0 Å². The number of hydrogen-bond acceptors (Lipinski definition) is 2. The van der Waals surface area contributed by atoms with Gasteiger partial charge in [-0.1, -0.05) is 28.1 Å². The summed E-state index contributed by atoms with van der Waals surface area (Å²) in [6.45, 7) is 2.01. The van der Waals surface area contributed by atoms with Crippen LogP contribution in [-0.2, 0) is 0 Å². The maximum atomic E-state index is 13.4. The Balaban J connectivity index is 2.40. The third-order valence-corrected chi connectivity index (χ3v) is 4.11. The fourth-order valence-corrected chi connectivity index (χ4v) is 3.05. The van der Waals surface area contributed by atoms with Gasteiger partial charge in [-0.25, -0.2) is 8.78 Å². The maximum absolute atomic E-state index is 13.4. The van der Waals surface area contributed by atoms with Crippen LogP contribution in [0, 0.1) is 18.6 Å². The molecule has 0 aliphatic rings. The number of halogens is 3. The van der Waals surface area contributed by atoms with Gasteiger partial charge in [-0.3, -0.25) is 0 Å². The van der Waals surface area contributed by atoms with Crippen LogP contribution in [0.5, 0.6) is 0 Å². The maximum Gasteiger partial charge on any atom is 0.126 e. The summed E-state index contributed by atoms with van der Waals surface area (Å²) < 4.78 is 27.4. The Morgan fingerprint density at radius 1 is 1.14 bits per heavy atom. The molecule has 0 saturated heterocycles. The van der Waals surface area contributed by atoms with Crippen molar-refractivity contribution in [2.45, 2.75) is 18.9 Å². The molecular weight excluding hydrogens is 340 g/mol. The van der Waals surface area contributed by atoms with Crippen molar-refractivity contribution in [2.24, 2.45) is 5.73 Å². The molecule has 0 radical (unpaired) electrons. The van der Waals surface area contributed by atoms with Gasteiger partial charge < -0.3 is 10.8 Å². The highest BCUT2D eigenvalue weighted by molar-refractivity contribution is 9.10. The monoisotopic (exact) mass is 355 g/mol. The largest absolute Gasteiger partial charge is 0.388 e. The van der Waals surface area contributed by atoms with Crippen LogP contribution in [0.15, 0.2) is 40.9 Å². The highest BCUT2D eigenvalue weighted by Crippen LogP contribution is 2.35. The zero-order valence-corrected chi connectivity index (χ0v) is 13.1. The lowest BCUT2D eigenvalue weighted by Crippen LogP contribution is -2.21. The fraction of sp³-hybridized carbons (Fsp3) is 0.250. The van der Waals surface area contributed by atoms with Crippen LogP contribution in [0.25, 0.3) is 0 Å². The Kier molecular flexibility index (Phi) is 5.08. The second-order valence-corrected chi connectivity index (χ2v) is 5.87. The van der Waals surface area contributed by atoms with Crippen LogP contribution in [-0.4, -0.2) is 11.7 Å². The summed E-state index contributed by atoms with van der Waals surface area (Å²) in [5.41, 5.74) is 7.73. The molecule has 0 aliphatic carbocycles. The summed E-state index contributed by atoms with van der Waals surface area (Å²) in [6, 6.07) is 8.72. The molecule has 5 heteroatoms. The van der Waals surface area contributed by atoms with E-state index >= 15 is 0 Å². The lowest BCUT2D eigenvalue weighted by Gasteiger charge is -2.23. The quantitative estimate of drug-likeness (QED) is 0.875. The van der Waals surface area contributed by atoms with Gasteiger partial charge in [0, 0.05) is 23.0 Å². The van der Waals surface area contributed by atoms with Crippen LogP contribution >= 0.6 is 15.9 Å². The minimum absolute atomic E-state index is 0.0738. The number of hydrogen-bond donors (Lipinski definition) is 2. The molecular formula is C16H16BrF2NO. The predicted molar refractivity (Wildman–Crippen MR) is 82.0 cm³/mol. The molecule has 0 bridgehead atoms. The van der Waals surface area contributed by atoms with E-state index in [1.807, 2.05) is 19.1 Å². The van der Waals surface area contributed by atoms with Crippen molar-refractivity contribution in [2.75, 3.05) is 6.54 Å². The Labute approximate surface area is 130 Å². The normalized spacial score (nSPS) is 14.0. The SMILES string of the molecule is Cc1ccc(C(O)C(CN)c2cc(F)cc(F)c2)c(Br)c1. The van der Waals surface area contributed by atoms with E-state index in [4.69, 9.17) is 5.73 Å². The second kappa shape index (κ2) is 6.64. The van der Waals surface area contributed by atoms with Crippen LogP contribution in [0.4, 0.5) is 8.78 Å². The summed E-state index contributed by atoms with van der Waals surface area (Å²) in [7, 11) is 0. The molecule has 2 aromatic rings. The third-order valence-electron chi connectivity index (χ3n) is 3.42. The lowest BCUT2D eigenvalue weighted by molar-refractivity contribution is 0.146. The number of aryl methyl sites for hydroxylation is 1. The van der Waals surface area contributed by atoms with E-state index in [2.05, 4.69) is 15.9 Å². The van der Waals surface area contributed by atoms with E-state index in [1.54, 1.807) is 6.07 Å². The van der Waals surface area contributed by atoms with Crippen molar-refractivity contribution < 1.29 is 13.9 Å². The smallest absolute Gasteiger partial charge is 0.126 e. The number of aliphatic hydroxyl groups is 1. The summed E-state index contributed by atoms with van der Waals surface area (Å²) >= 11 is 3.40. The van der Waals surface area contributed by atoms with Gasteiger partial charge in [0.25, 0.3) is 0 Å². The highest BCUT2D eigenvalue weighted by Gasteiger charge is 2.24. The van der Waals surface area contributed by atoms with Gasteiger partial charge in [0.2, 0.25) is 0 Å². The predicted octanol–water partition coefficient (Wildman–Crippen LogP) is 3.81. The Hall–Kier alpha value is -1.30. The van der Waals surface area contributed by atoms with E-state index in [9.17, 15) is 13.9 Å². The highest BCUT2D eigenvalue weighted by atomic mass is 79.9. The number of rotatable bonds is 4. The van der Waals surface area contributed by atoms with E-state index in [-0.39, 0.29) is 6.54 Å². The second-order valence-electron chi connectivity index (χ2n) is 5.01. The first kappa shape index (κ1) is 16.1. The van der Waals surface area contributed by atoms with Gasteiger partial charge in [0.05, 0.1) is 6.10 Å². The molecule has 21 heavy (non-hydrogen) atoms. The van der Waals surface area contributed by atoms with E-state index in [0.29, 0.717) is 11.1 Å². The fourth-order valence-electron chi connectivity index (χ4n) is 2.33.